The Morgan fingerprint density at radius 3 is 2.67 bits per heavy atom. The number of nitrogens with one attached hydrogen (secondary N) is 1. The van der Waals surface area contributed by atoms with Crippen LogP contribution < -0.4 is 5.32 Å². The van der Waals surface area contributed by atoms with E-state index >= 15 is 0 Å². The van der Waals surface area contributed by atoms with Crippen LogP contribution in [0.25, 0.3) is 0 Å². The fourth-order valence-corrected chi connectivity index (χ4v) is 1.91. The van der Waals surface area contributed by atoms with Crippen LogP contribution in [0.4, 0.5) is 0 Å². The van der Waals surface area contributed by atoms with E-state index in [1.54, 1.807) is 0 Å². The summed E-state index contributed by atoms with van der Waals surface area (Å²) in [7, 11) is 1.41. The van der Waals surface area contributed by atoms with Crippen molar-refractivity contribution in [3.8, 4) is 0 Å². The van der Waals surface area contributed by atoms with E-state index in [0.29, 0.717) is 6.54 Å². The van der Waals surface area contributed by atoms with E-state index in [0.717, 1.165) is 30.8 Å². The Morgan fingerprint density at radius 2 is 2.17 bits per heavy atom. The SMILES string of the molecule is CCNC(Cn1nc(CC)cc1CC)C(=O)OC. The Morgan fingerprint density at radius 1 is 1.44 bits per heavy atom. The van der Waals surface area contributed by atoms with E-state index < -0.39 is 0 Å². The first-order chi connectivity index (χ1) is 8.65. The van der Waals surface area contributed by atoms with Gasteiger partial charge in [0.2, 0.25) is 0 Å². The molecule has 0 saturated heterocycles. The van der Waals surface area contributed by atoms with Crippen molar-refractivity contribution in [2.75, 3.05) is 13.7 Å². The third-order valence-corrected chi connectivity index (χ3v) is 2.93. The summed E-state index contributed by atoms with van der Waals surface area (Å²) in [6.45, 7) is 7.38. The van der Waals surface area contributed by atoms with Gasteiger partial charge in [-0.2, -0.15) is 5.10 Å². The number of rotatable bonds is 7. The van der Waals surface area contributed by atoms with Crippen molar-refractivity contribution < 1.29 is 9.53 Å². The quantitative estimate of drug-likeness (QED) is 0.741. The number of hydrogen-bond acceptors (Lipinski definition) is 4. The second-order valence-electron chi connectivity index (χ2n) is 4.15. The smallest absolute Gasteiger partial charge is 0.324 e. The predicted molar refractivity (Wildman–Crippen MR) is 70.5 cm³/mol. The summed E-state index contributed by atoms with van der Waals surface area (Å²) < 4.78 is 6.71. The van der Waals surface area contributed by atoms with Crippen molar-refractivity contribution in [3.63, 3.8) is 0 Å². The van der Waals surface area contributed by atoms with E-state index in [4.69, 9.17) is 4.74 Å². The molecule has 1 unspecified atom stereocenters. The molecule has 18 heavy (non-hydrogen) atoms. The Bertz CT molecular complexity index is 388. The highest BCUT2D eigenvalue weighted by molar-refractivity contribution is 5.75. The molecule has 1 rings (SSSR count). The number of methoxy groups -OCH3 is 1. The molecule has 102 valence electrons. The zero-order valence-electron chi connectivity index (χ0n) is 11.7. The maximum atomic E-state index is 11.7. The minimum absolute atomic E-state index is 0.243. The van der Waals surface area contributed by atoms with Gasteiger partial charge in [0.25, 0.3) is 0 Å². The zero-order valence-corrected chi connectivity index (χ0v) is 11.7. The molecule has 0 amide bonds. The molecule has 1 aromatic rings. The van der Waals surface area contributed by atoms with Gasteiger partial charge in [0.05, 0.1) is 19.3 Å². The first kappa shape index (κ1) is 14.7. The van der Waals surface area contributed by atoms with Crippen LogP contribution in [0, 0.1) is 0 Å². The fourth-order valence-electron chi connectivity index (χ4n) is 1.91. The van der Waals surface area contributed by atoms with E-state index in [-0.39, 0.29) is 12.0 Å². The monoisotopic (exact) mass is 253 g/mol. The van der Waals surface area contributed by atoms with E-state index in [2.05, 4.69) is 30.3 Å². The normalized spacial score (nSPS) is 12.4. The Labute approximate surface area is 109 Å². The average Bonchev–Trinajstić information content (AvgIpc) is 2.79. The van der Waals surface area contributed by atoms with Crippen LogP contribution in [0.15, 0.2) is 6.07 Å². The summed E-state index contributed by atoms with van der Waals surface area (Å²) in [5.74, 6) is -0.243. The maximum absolute atomic E-state index is 11.7. The molecule has 0 saturated carbocycles. The molecule has 5 nitrogen and oxygen atoms in total. The zero-order chi connectivity index (χ0) is 13.5. The number of nitrogens with zero attached hydrogens (tertiary/aromatic N) is 2. The number of carbonyl (C=O) groups excluding carboxylic acids is 1. The van der Waals surface area contributed by atoms with Gasteiger partial charge in [-0.25, -0.2) is 0 Å². The Balaban J connectivity index is 2.85. The van der Waals surface area contributed by atoms with Gasteiger partial charge in [-0.15, -0.1) is 0 Å². The van der Waals surface area contributed by atoms with Crippen LogP contribution in [-0.4, -0.2) is 35.4 Å². The maximum Gasteiger partial charge on any atom is 0.324 e. The number of hydrogen-bond donors (Lipinski definition) is 1. The molecule has 0 fully saturated rings. The van der Waals surface area contributed by atoms with Gasteiger partial charge in [-0.3, -0.25) is 9.48 Å². The van der Waals surface area contributed by atoms with Crippen molar-refractivity contribution in [1.29, 1.82) is 0 Å². The lowest BCUT2D eigenvalue weighted by Crippen LogP contribution is -2.41. The highest BCUT2D eigenvalue weighted by Crippen LogP contribution is 2.07. The van der Waals surface area contributed by atoms with Crippen LogP contribution in [0.1, 0.15) is 32.2 Å². The third kappa shape index (κ3) is 3.57. The average molecular weight is 253 g/mol. The van der Waals surface area contributed by atoms with Gasteiger partial charge >= 0.3 is 5.97 Å². The number of ether oxygens (including phenoxy) is 1. The van der Waals surface area contributed by atoms with Crippen molar-refractivity contribution in [1.82, 2.24) is 15.1 Å². The standard InChI is InChI=1S/C13H23N3O2/c1-5-10-8-11(6-2)16(15-10)9-12(14-7-3)13(17)18-4/h8,12,14H,5-7,9H2,1-4H3. The number of esters is 1. The first-order valence-electron chi connectivity index (χ1n) is 6.52. The van der Waals surface area contributed by atoms with Crippen molar-refractivity contribution in [2.45, 2.75) is 46.2 Å². The lowest BCUT2D eigenvalue weighted by molar-refractivity contribution is -0.143. The number of carbonyl (C=O) groups is 1. The fraction of sp³-hybridized carbons (Fsp3) is 0.692. The number of aromatic nitrogens is 2. The van der Waals surface area contributed by atoms with Crippen molar-refractivity contribution in [2.24, 2.45) is 0 Å². The van der Waals surface area contributed by atoms with E-state index in [1.807, 2.05) is 11.6 Å². The lowest BCUT2D eigenvalue weighted by atomic mass is 10.2. The van der Waals surface area contributed by atoms with Crippen molar-refractivity contribution in [3.05, 3.63) is 17.5 Å². The Kier molecular flexibility index (Phi) is 5.85. The molecular weight excluding hydrogens is 230 g/mol. The molecule has 0 aliphatic carbocycles. The van der Waals surface area contributed by atoms with Crippen LogP contribution in [0.3, 0.4) is 0 Å². The molecule has 0 aliphatic rings. The van der Waals surface area contributed by atoms with Gasteiger partial charge in [-0.05, 0) is 25.5 Å². The number of likely N-dealkylation sites (N-methyl/N-ethyl adjacent to an activating group) is 1. The molecular formula is C13H23N3O2. The topological polar surface area (TPSA) is 56.2 Å². The highest BCUT2D eigenvalue weighted by atomic mass is 16.5. The summed E-state index contributed by atoms with van der Waals surface area (Å²) in [4.78, 5) is 11.7. The van der Waals surface area contributed by atoms with E-state index in [9.17, 15) is 4.79 Å². The predicted octanol–water partition coefficient (Wildman–Crippen LogP) is 1.16. The number of aryl methyl sites for hydroxylation is 2. The van der Waals surface area contributed by atoms with Gasteiger partial charge in [-0.1, -0.05) is 20.8 Å². The molecule has 5 heteroatoms. The molecule has 0 radical (unpaired) electrons. The second-order valence-corrected chi connectivity index (χ2v) is 4.15. The van der Waals surface area contributed by atoms with E-state index in [1.165, 1.54) is 7.11 Å². The summed E-state index contributed by atoms with van der Waals surface area (Å²) in [5, 5.41) is 7.63. The summed E-state index contributed by atoms with van der Waals surface area (Å²) >= 11 is 0. The second kappa shape index (κ2) is 7.16. The first-order valence-corrected chi connectivity index (χ1v) is 6.52. The molecule has 0 bridgehead atoms. The molecule has 0 aliphatic heterocycles. The van der Waals surface area contributed by atoms with Gasteiger partial charge in [0, 0.05) is 5.69 Å². The lowest BCUT2D eigenvalue weighted by Gasteiger charge is -2.16. The van der Waals surface area contributed by atoms with Crippen LogP contribution in [-0.2, 0) is 28.9 Å². The Hall–Kier alpha value is -1.36. The minimum Gasteiger partial charge on any atom is -0.468 e. The van der Waals surface area contributed by atoms with Gasteiger partial charge < -0.3 is 10.1 Å². The summed E-state index contributed by atoms with van der Waals surface area (Å²) in [6, 6.07) is 1.76. The summed E-state index contributed by atoms with van der Waals surface area (Å²) in [5.41, 5.74) is 2.21. The molecule has 0 aromatic carbocycles. The van der Waals surface area contributed by atoms with Crippen molar-refractivity contribution >= 4 is 5.97 Å². The summed E-state index contributed by atoms with van der Waals surface area (Å²) in [6.07, 6.45) is 1.82. The van der Waals surface area contributed by atoms with Crippen LogP contribution in [0.2, 0.25) is 0 Å². The van der Waals surface area contributed by atoms with Gasteiger partial charge in [0.1, 0.15) is 6.04 Å². The minimum atomic E-state index is -0.338. The molecule has 1 heterocycles. The highest BCUT2D eigenvalue weighted by Gasteiger charge is 2.20. The molecule has 1 aromatic heterocycles. The largest absolute Gasteiger partial charge is 0.468 e. The van der Waals surface area contributed by atoms with Crippen LogP contribution in [0.5, 0.6) is 0 Å². The third-order valence-electron chi connectivity index (χ3n) is 2.93. The molecule has 0 spiro atoms. The molecule has 1 N–H and O–H groups in total. The van der Waals surface area contributed by atoms with Gasteiger partial charge in [0.15, 0.2) is 0 Å². The molecule has 1 atom stereocenters. The van der Waals surface area contributed by atoms with Crippen LogP contribution >= 0.6 is 0 Å².